The maximum atomic E-state index is 12.1. The van der Waals surface area contributed by atoms with Gasteiger partial charge < -0.3 is 10.4 Å². The normalized spacial score (nSPS) is 11.0. The van der Waals surface area contributed by atoms with Gasteiger partial charge in [0, 0.05) is 27.6 Å². The second-order valence-electron chi connectivity index (χ2n) is 5.05. The van der Waals surface area contributed by atoms with Crippen molar-refractivity contribution in [3.05, 3.63) is 77.3 Å². The highest BCUT2D eigenvalue weighted by Crippen LogP contribution is 2.29. The lowest BCUT2D eigenvalue weighted by molar-refractivity contribution is -0.111. The van der Waals surface area contributed by atoms with E-state index in [2.05, 4.69) is 5.32 Å². The van der Waals surface area contributed by atoms with Crippen LogP contribution in [0.2, 0.25) is 5.02 Å². The van der Waals surface area contributed by atoms with Gasteiger partial charge in [-0.15, -0.1) is 0 Å². The first-order chi connectivity index (χ1) is 11.1. The lowest BCUT2D eigenvalue weighted by Crippen LogP contribution is -2.08. The molecule has 0 aromatic heterocycles. The monoisotopic (exact) mass is 323 g/mol. The second kappa shape index (κ2) is 6.55. The van der Waals surface area contributed by atoms with Gasteiger partial charge in [-0.1, -0.05) is 48.0 Å². The Morgan fingerprint density at radius 1 is 0.957 bits per heavy atom. The summed E-state index contributed by atoms with van der Waals surface area (Å²) in [6.45, 7) is 0. The van der Waals surface area contributed by atoms with Crippen LogP contribution in [0.3, 0.4) is 0 Å². The van der Waals surface area contributed by atoms with E-state index in [0.29, 0.717) is 16.1 Å². The zero-order chi connectivity index (χ0) is 16.2. The van der Waals surface area contributed by atoms with Crippen LogP contribution in [0.5, 0.6) is 5.75 Å². The Bertz CT molecular complexity index is 886. The van der Waals surface area contributed by atoms with E-state index in [1.54, 1.807) is 42.5 Å². The number of aromatic hydroxyl groups is 1. The van der Waals surface area contributed by atoms with Crippen LogP contribution in [0.15, 0.2) is 66.7 Å². The van der Waals surface area contributed by atoms with Crippen LogP contribution in [0.4, 0.5) is 5.69 Å². The van der Waals surface area contributed by atoms with Crippen LogP contribution in [0, 0.1) is 0 Å². The molecule has 1 amide bonds. The molecule has 3 nitrogen and oxygen atoms in total. The topological polar surface area (TPSA) is 49.3 Å². The number of hydrogen-bond acceptors (Lipinski definition) is 2. The number of nitrogens with one attached hydrogen (secondary N) is 1. The zero-order valence-corrected chi connectivity index (χ0v) is 12.9. The summed E-state index contributed by atoms with van der Waals surface area (Å²) in [6, 6.07) is 17.8. The standard InChI is InChI=1S/C19H14ClNO2/c20-14-10-7-13(8-11-14)9-12-19(23)21-17-5-1-4-16-15(17)3-2-6-18(16)22/h1-12,22H,(H,21,23)/b12-9+. The molecule has 0 unspecified atom stereocenters. The number of halogens is 1. The molecule has 0 bridgehead atoms. The van der Waals surface area contributed by atoms with Gasteiger partial charge in [-0.2, -0.15) is 0 Å². The van der Waals surface area contributed by atoms with Crippen molar-refractivity contribution in [2.75, 3.05) is 5.32 Å². The van der Waals surface area contributed by atoms with Gasteiger partial charge in [0.05, 0.1) is 0 Å². The largest absolute Gasteiger partial charge is 0.507 e. The Balaban J connectivity index is 1.80. The Hall–Kier alpha value is -2.78. The molecule has 0 saturated carbocycles. The van der Waals surface area contributed by atoms with E-state index in [9.17, 15) is 9.90 Å². The smallest absolute Gasteiger partial charge is 0.248 e. The molecule has 0 spiro atoms. The molecule has 0 aliphatic heterocycles. The van der Waals surface area contributed by atoms with Gasteiger partial charge >= 0.3 is 0 Å². The molecule has 0 aliphatic rings. The minimum atomic E-state index is -0.240. The van der Waals surface area contributed by atoms with E-state index in [0.717, 1.165) is 10.9 Å². The number of anilines is 1. The summed E-state index contributed by atoms with van der Waals surface area (Å²) in [5.41, 5.74) is 1.55. The number of benzene rings is 3. The highest BCUT2D eigenvalue weighted by atomic mass is 35.5. The van der Waals surface area contributed by atoms with Gasteiger partial charge in [-0.3, -0.25) is 4.79 Å². The average molecular weight is 324 g/mol. The molecule has 114 valence electrons. The predicted molar refractivity (Wildman–Crippen MR) is 94.7 cm³/mol. The molecule has 23 heavy (non-hydrogen) atoms. The first-order valence-corrected chi connectivity index (χ1v) is 7.46. The first kappa shape index (κ1) is 15.1. The highest BCUT2D eigenvalue weighted by molar-refractivity contribution is 6.30. The molecule has 0 aliphatic carbocycles. The van der Waals surface area contributed by atoms with Crippen LogP contribution in [-0.4, -0.2) is 11.0 Å². The van der Waals surface area contributed by atoms with E-state index < -0.39 is 0 Å². The lowest BCUT2D eigenvalue weighted by atomic mass is 10.1. The van der Waals surface area contributed by atoms with Gasteiger partial charge in [-0.25, -0.2) is 0 Å². The van der Waals surface area contributed by atoms with Gasteiger partial charge in [0.25, 0.3) is 0 Å². The fourth-order valence-corrected chi connectivity index (χ4v) is 2.45. The fraction of sp³-hybridized carbons (Fsp3) is 0. The summed E-state index contributed by atoms with van der Waals surface area (Å²) in [4.78, 5) is 12.1. The average Bonchev–Trinajstić information content (AvgIpc) is 2.55. The maximum absolute atomic E-state index is 12.1. The number of amides is 1. The van der Waals surface area contributed by atoms with Gasteiger partial charge in [0.2, 0.25) is 5.91 Å². The van der Waals surface area contributed by atoms with Crippen molar-refractivity contribution in [2.24, 2.45) is 0 Å². The molecule has 3 aromatic rings. The fourth-order valence-electron chi connectivity index (χ4n) is 2.32. The van der Waals surface area contributed by atoms with Crippen molar-refractivity contribution < 1.29 is 9.90 Å². The van der Waals surface area contributed by atoms with Crippen LogP contribution >= 0.6 is 11.6 Å². The zero-order valence-electron chi connectivity index (χ0n) is 12.2. The minimum Gasteiger partial charge on any atom is -0.507 e. The SMILES string of the molecule is O=C(/C=C/c1ccc(Cl)cc1)Nc1cccc2c(O)cccc12. The summed E-state index contributed by atoms with van der Waals surface area (Å²) in [5.74, 6) is -0.0499. The van der Waals surface area contributed by atoms with Crippen molar-refractivity contribution in [3.63, 3.8) is 0 Å². The number of fused-ring (bicyclic) bond motifs is 1. The quantitative estimate of drug-likeness (QED) is 0.677. The maximum Gasteiger partial charge on any atom is 0.248 e. The first-order valence-electron chi connectivity index (χ1n) is 7.09. The van der Waals surface area contributed by atoms with Crippen molar-refractivity contribution in [3.8, 4) is 5.75 Å². The Kier molecular flexibility index (Phi) is 4.31. The molecule has 0 fully saturated rings. The number of carbonyl (C=O) groups excluding carboxylic acids is 1. The number of phenolic OH excluding ortho intramolecular Hbond substituents is 1. The third kappa shape index (κ3) is 3.52. The van der Waals surface area contributed by atoms with E-state index in [1.807, 2.05) is 24.3 Å². The van der Waals surface area contributed by atoms with Crippen molar-refractivity contribution in [1.29, 1.82) is 0 Å². The van der Waals surface area contributed by atoms with Crippen molar-refractivity contribution in [2.45, 2.75) is 0 Å². The van der Waals surface area contributed by atoms with E-state index in [-0.39, 0.29) is 11.7 Å². The molecule has 0 saturated heterocycles. The number of rotatable bonds is 3. The molecule has 3 aromatic carbocycles. The lowest BCUT2D eigenvalue weighted by Gasteiger charge is -2.08. The van der Waals surface area contributed by atoms with Crippen LogP contribution in [0.25, 0.3) is 16.8 Å². The van der Waals surface area contributed by atoms with Gasteiger partial charge in [-0.05, 0) is 35.9 Å². The molecule has 2 N–H and O–H groups in total. The molecular formula is C19H14ClNO2. The molecule has 0 radical (unpaired) electrons. The molecule has 4 heteroatoms. The number of hydrogen-bond donors (Lipinski definition) is 2. The van der Waals surface area contributed by atoms with E-state index in [1.165, 1.54) is 6.08 Å². The molecule has 3 rings (SSSR count). The summed E-state index contributed by atoms with van der Waals surface area (Å²) >= 11 is 5.83. The summed E-state index contributed by atoms with van der Waals surface area (Å²) in [5, 5.41) is 14.8. The third-order valence-electron chi connectivity index (χ3n) is 3.45. The minimum absolute atomic E-state index is 0.190. The number of phenols is 1. The Morgan fingerprint density at radius 3 is 2.43 bits per heavy atom. The van der Waals surface area contributed by atoms with Crippen molar-refractivity contribution >= 4 is 40.0 Å². The van der Waals surface area contributed by atoms with Gasteiger partial charge in [0.15, 0.2) is 0 Å². The van der Waals surface area contributed by atoms with Crippen LogP contribution in [-0.2, 0) is 4.79 Å². The Labute approximate surface area is 138 Å². The van der Waals surface area contributed by atoms with Crippen LogP contribution in [0.1, 0.15) is 5.56 Å². The molecular weight excluding hydrogens is 310 g/mol. The molecule has 0 atom stereocenters. The Morgan fingerprint density at radius 2 is 1.65 bits per heavy atom. The van der Waals surface area contributed by atoms with Crippen LogP contribution < -0.4 is 5.32 Å². The summed E-state index contributed by atoms with van der Waals surface area (Å²) < 4.78 is 0. The summed E-state index contributed by atoms with van der Waals surface area (Å²) in [6.07, 6.45) is 3.18. The third-order valence-corrected chi connectivity index (χ3v) is 3.71. The second-order valence-corrected chi connectivity index (χ2v) is 5.49. The molecule has 0 heterocycles. The highest BCUT2D eigenvalue weighted by Gasteiger charge is 2.05. The summed E-state index contributed by atoms with van der Waals surface area (Å²) in [7, 11) is 0. The number of carbonyl (C=O) groups is 1. The predicted octanol–water partition coefficient (Wildman–Crippen LogP) is 4.85. The van der Waals surface area contributed by atoms with E-state index in [4.69, 9.17) is 11.6 Å². The van der Waals surface area contributed by atoms with Gasteiger partial charge in [0.1, 0.15) is 5.75 Å². The van der Waals surface area contributed by atoms with Crippen molar-refractivity contribution in [1.82, 2.24) is 0 Å². The van der Waals surface area contributed by atoms with E-state index >= 15 is 0 Å².